The van der Waals surface area contributed by atoms with Gasteiger partial charge in [-0.05, 0) is 12.0 Å². The van der Waals surface area contributed by atoms with Crippen LogP contribution in [0.4, 0.5) is 5.69 Å². The fourth-order valence-corrected chi connectivity index (χ4v) is 1.45. The molecule has 0 saturated carbocycles. The van der Waals surface area contributed by atoms with Crippen LogP contribution in [0.5, 0.6) is 5.75 Å². The van der Waals surface area contributed by atoms with E-state index in [0.29, 0.717) is 19.1 Å². The molecule has 7 nitrogen and oxygen atoms in total. The SMILES string of the molecule is CC(C)COCCOc1cc([N+](=O)[O-])ccc1C(=O)O. The van der Waals surface area contributed by atoms with Gasteiger partial charge in [-0.25, -0.2) is 4.79 Å². The first-order valence-electron chi connectivity index (χ1n) is 6.14. The van der Waals surface area contributed by atoms with Gasteiger partial charge in [0.2, 0.25) is 0 Å². The molecule has 0 heterocycles. The number of carbonyl (C=O) groups is 1. The van der Waals surface area contributed by atoms with Gasteiger partial charge in [0.05, 0.1) is 17.6 Å². The second kappa shape index (κ2) is 7.44. The first kappa shape index (κ1) is 15.9. The highest BCUT2D eigenvalue weighted by atomic mass is 16.6. The molecule has 0 aromatic heterocycles. The zero-order valence-electron chi connectivity index (χ0n) is 11.4. The molecule has 1 rings (SSSR count). The quantitative estimate of drug-likeness (QED) is 0.446. The highest BCUT2D eigenvalue weighted by Crippen LogP contribution is 2.24. The Balaban J connectivity index is 2.68. The van der Waals surface area contributed by atoms with Crippen LogP contribution in [0, 0.1) is 16.0 Å². The van der Waals surface area contributed by atoms with Gasteiger partial charge in [-0.3, -0.25) is 10.1 Å². The first-order chi connectivity index (χ1) is 9.41. The van der Waals surface area contributed by atoms with Gasteiger partial charge in [0.15, 0.2) is 0 Å². The van der Waals surface area contributed by atoms with Crippen LogP contribution in [0.15, 0.2) is 18.2 Å². The molecule has 0 saturated heterocycles. The lowest BCUT2D eigenvalue weighted by atomic mass is 10.2. The van der Waals surface area contributed by atoms with Crippen LogP contribution in [0.3, 0.4) is 0 Å². The average molecular weight is 283 g/mol. The van der Waals surface area contributed by atoms with Crippen molar-refractivity contribution in [1.29, 1.82) is 0 Å². The van der Waals surface area contributed by atoms with E-state index in [2.05, 4.69) is 0 Å². The third kappa shape index (κ3) is 4.85. The van der Waals surface area contributed by atoms with Gasteiger partial charge in [-0.1, -0.05) is 13.8 Å². The van der Waals surface area contributed by atoms with Crippen molar-refractivity contribution >= 4 is 11.7 Å². The number of rotatable bonds is 8. The molecule has 0 atom stereocenters. The van der Waals surface area contributed by atoms with E-state index in [1.165, 1.54) is 0 Å². The number of hydrogen-bond donors (Lipinski definition) is 1. The topological polar surface area (TPSA) is 98.9 Å². The van der Waals surface area contributed by atoms with E-state index in [1.54, 1.807) is 0 Å². The number of nitro benzene ring substituents is 1. The molecule has 1 aromatic rings. The zero-order valence-corrected chi connectivity index (χ0v) is 11.4. The molecule has 0 aliphatic carbocycles. The molecule has 1 N–H and O–H groups in total. The Kier molecular flexibility index (Phi) is 5.92. The minimum atomic E-state index is -1.20. The molecule has 0 aliphatic heterocycles. The van der Waals surface area contributed by atoms with Gasteiger partial charge < -0.3 is 14.6 Å². The molecule has 0 amide bonds. The van der Waals surface area contributed by atoms with Crippen molar-refractivity contribution in [2.24, 2.45) is 5.92 Å². The minimum absolute atomic E-state index is 0.0279. The Labute approximate surface area is 116 Å². The second-order valence-corrected chi connectivity index (χ2v) is 4.56. The van der Waals surface area contributed by atoms with Crippen LogP contribution in [-0.2, 0) is 4.74 Å². The monoisotopic (exact) mass is 283 g/mol. The number of non-ortho nitro benzene ring substituents is 1. The van der Waals surface area contributed by atoms with E-state index in [4.69, 9.17) is 14.6 Å². The number of hydrogen-bond acceptors (Lipinski definition) is 5. The summed E-state index contributed by atoms with van der Waals surface area (Å²) >= 11 is 0. The lowest BCUT2D eigenvalue weighted by Gasteiger charge is -2.10. The smallest absolute Gasteiger partial charge is 0.339 e. The number of benzene rings is 1. The van der Waals surface area contributed by atoms with Gasteiger partial charge in [0.25, 0.3) is 5.69 Å². The van der Waals surface area contributed by atoms with E-state index in [9.17, 15) is 14.9 Å². The average Bonchev–Trinajstić information content (AvgIpc) is 2.37. The summed E-state index contributed by atoms with van der Waals surface area (Å²) in [6, 6.07) is 3.39. The van der Waals surface area contributed by atoms with Crippen molar-refractivity contribution in [2.75, 3.05) is 19.8 Å². The summed E-state index contributed by atoms with van der Waals surface area (Å²) in [5.41, 5.74) is -0.326. The van der Waals surface area contributed by atoms with E-state index < -0.39 is 10.9 Å². The van der Waals surface area contributed by atoms with Crippen molar-refractivity contribution in [3.05, 3.63) is 33.9 Å². The molecule has 0 aliphatic rings. The van der Waals surface area contributed by atoms with E-state index in [1.807, 2.05) is 13.8 Å². The normalized spacial score (nSPS) is 10.6. The van der Waals surface area contributed by atoms with Gasteiger partial charge in [-0.15, -0.1) is 0 Å². The van der Waals surface area contributed by atoms with Crippen molar-refractivity contribution < 1.29 is 24.3 Å². The molecule has 0 radical (unpaired) electrons. The molecule has 0 bridgehead atoms. The molecular weight excluding hydrogens is 266 g/mol. The van der Waals surface area contributed by atoms with Crippen molar-refractivity contribution in [3.8, 4) is 5.75 Å². The second-order valence-electron chi connectivity index (χ2n) is 4.56. The molecule has 110 valence electrons. The maximum atomic E-state index is 11.0. The standard InChI is InChI=1S/C13H17NO6/c1-9(2)8-19-5-6-20-12-7-10(14(17)18)3-4-11(12)13(15)16/h3-4,7,9H,5-6,8H2,1-2H3,(H,15,16). The Morgan fingerprint density at radius 2 is 2.10 bits per heavy atom. The van der Waals surface area contributed by atoms with Crippen molar-refractivity contribution in [1.82, 2.24) is 0 Å². The minimum Gasteiger partial charge on any atom is -0.490 e. The Bertz CT molecular complexity index is 486. The van der Waals surface area contributed by atoms with Crippen LogP contribution in [0.25, 0.3) is 0 Å². The van der Waals surface area contributed by atoms with Crippen LogP contribution in [-0.4, -0.2) is 35.8 Å². The summed E-state index contributed by atoms with van der Waals surface area (Å²) in [7, 11) is 0. The molecule has 0 fully saturated rings. The number of nitrogens with zero attached hydrogens (tertiary/aromatic N) is 1. The van der Waals surface area contributed by atoms with Crippen LogP contribution in [0.2, 0.25) is 0 Å². The maximum absolute atomic E-state index is 11.0. The first-order valence-corrected chi connectivity index (χ1v) is 6.14. The van der Waals surface area contributed by atoms with Gasteiger partial charge in [0.1, 0.15) is 17.9 Å². The summed E-state index contributed by atoms with van der Waals surface area (Å²) in [5, 5.41) is 19.7. The largest absolute Gasteiger partial charge is 0.490 e. The molecular formula is C13H17NO6. The number of carboxylic acids is 1. The Hall–Kier alpha value is -2.15. The summed E-state index contributed by atoms with van der Waals surface area (Å²) in [4.78, 5) is 21.1. The number of ether oxygens (including phenoxy) is 2. The predicted octanol–water partition coefficient (Wildman–Crippen LogP) is 2.34. The maximum Gasteiger partial charge on any atom is 0.339 e. The molecule has 20 heavy (non-hydrogen) atoms. The molecule has 7 heteroatoms. The molecule has 1 aromatic carbocycles. The highest BCUT2D eigenvalue weighted by Gasteiger charge is 2.16. The zero-order chi connectivity index (χ0) is 15.1. The summed E-state index contributed by atoms with van der Waals surface area (Å²) in [6.07, 6.45) is 0. The van der Waals surface area contributed by atoms with E-state index in [0.717, 1.165) is 18.2 Å². The van der Waals surface area contributed by atoms with E-state index in [-0.39, 0.29) is 23.6 Å². The highest BCUT2D eigenvalue weighted by molar-refractivity contribution is 5.91. The van der Waals surface area contributed by atoms with Crippen molar-refractivity contribution in [2.45, 2.75) is 13.8 Å². The summed E-state index contributed by atoms with van der Waals surface area (Å²) < 4.78 is 10.5. The van der Waals surface area contributed by atoms with Crippen LogP contribution in [0.1, 0.15) is 24.2 Å². The van der Waals surface area contributed by atoms with Gasteiger partial charge in [0, 0.05) is 12.7 Å². The van der Waals surface area contributed by atoms with Crippen molar-refractivity contribution in [3.63, 3.8) is 0 Å². The number of nitro groups is 1. The molecule has 0 unspecified atom stereocenters. The Morgan fingerprint density at radius 3 is 2.65 bits per heavy atom. The molecule has 0 spiro atoms. The fraction of sp³-hybridized carbons (Fsp3) is 0.462. The number of aromatic carboxylic acids is 1. The van der Waals surface area contributed by atoms with E-state index >= 15 is 0 Å². The summed E-state index contributed by atoms with van der Waals surface area (Å²) in [6.45, 7) is 5.01. The van der Waals surface area contributed by atoms with Gasteiger partial charge >= 0.3 is 5.97 Å². The van der Waals surface area contributed by atoms with Crippen LogP contribution >= 0.6 is 0 Å². The summed E-state index contributed by atoms with van der Waals surface area (Å²) in [5.74, 6) is -0.833. The lowest BCUT2D eigenvalue weighted by Crippen LogP contribution is -2.12. The Morgan fingerprint density at radius 1 is 1.40 bits per heavy atom. The van der Waals surface area contributed by atoms with Crippen LogP contribution < -0.4 is 4.74 Å². The fourth-order valence-electron chi connectivity index (χ4n) is 1.45. The predicted molar refractivity (Wildman–Crippen MR) is 71.2 cm³/mol. The van der Waals surface area contributed by atoms with Gasteiger partial charge in [-0.2, -0.15) is 0 Å². The third-order valence-electron chi connectivity index (χ3n) is 2.34. The number of carboxylic acid groups (broad SMARTS) is 1. The third-order valence-corrected chi connectivity index (χ3v) is 2.34. The lowest BCUT2D eigenvalue weighted by molar-refractivity contribution is -0.384.